The lowest BCUT2D eigenvalue weighted by molar-refractivity contribution is -0.133. The summed E-state index contributed by atoms with van der Waals surface area (Å²) < 4.78 is 37.8. The third-order valence-electron chi connectivity index (χ3n) is 3.93. The van der Waals surface area contributed by atoms with Gasteiger partial charge in [-0.1, -0.05) is 12.1 Å². The van der Waals surface area contributed by atoms with Gasteiger partial charge in [-0.15, -0.1) is 11.3 Å². The summed E-state index contributed by atoms with van der Waals surface area (Å²) in [6.07, 6.45) is 0.605. The summed E-state index contributed by atoms with van der Waals surface area (Å²) in [5, 5.41) is 3.87. The number of ether oxygens (including phenoxy) is 1. The quantitative estimate of drug-likeness (QED) is 0.763. The molecule has 142 valence electrons. The number of hydrogen-bond acceptors (Lipinski definition) is 8. The highest BCUT2D eigenvalue weighted by atomic mass is 32.2. The number of hydrogen-bond donors (Lipinski definition) is 1. The molecule has 3 heterocycles. The zero-order valence-corrected chi connectivity index (χ0v) is 16.2. The normalized spacial score (nSPS) is 15.4. The monoisotopic (exact) mass is 400 g/mol. The van der Waals surface area contributed by atoms with Gasteiger partial charge in [-0.2, -0.15) is 4.98 Å². The van der Waals surface area contributed by atoms with E-state index < -0.39 is 10.0 Å². The van der Waals surface area contributed by atoms with Crippen molar-refractivity contribution in [2.75, 3.05) is 32.8 Å². The first-order valence-corrected chi connectivity index (χ1v) is 10.5. The van der Waals surface area contributed by atoms with Gasteiger partial charge < -0.3 is 14.2 Å². The first-order valence-electron chi connectivity index (χ1n) is 8.19. The smallest absolute Gasteiger partial charge is 0.242 e. The van der Waals surface area contributed by atoms with E-state index in [0.29, 0.717) is 54.2 Å². The highest BCUT2D eigenvalue weighted by Gasteiger charge is 2.24. The van der Waals surface area contributed by atoms with E-state index in [9.17, 15) is 13.2 Å². The van der Waals surface area contributed by atoms with E-state index in [1.165, 1.54) is 17.4 Å². The Hall–Kier alpha value is -1.82. The minimum absolute atomic E-state index is 0.120. The van der Waals surface area contributed by atoms with Crippen molar-refractivity contribution in [3.8, 4) is 10.7 Å². The van der Waals surface area contributed by atoms with E-state index in [4.69, 9.17) is 9.26 Å². The highest BCUT2D eigenvalue weighted by Crippen LogP contribution is 2.31. The number of nitrogens with one attached hydrogen (secondary N) is 1. The van der Waals surface area contributed by atoms with Crippen molar-refractivity contribution in [1.82, 2.24) is 19.8 Å². The van der Waals surface area contributed by atoms with Crippen LogP contribution in [0.1, 0.15) is 17.7 Å². The molecule has 1 fully saturated rings. The zero-order valence-electron chi connectivity index (χ0n) is 14.5. The van der Waals surface area contributed by atoms with Gasteiger partial charge in [0.25, 0.3) is 0 Å². The Balaban J connectivity index is 1.71. The van der Waals surface area contributed by atoms with E-state index in [1.807, 2.05) is 6.92 Å². The molecule has 0 spiro atoms. The van der Waals surface area contributed by atoms with E-state index in [2.05, 4.69) is 14.9 Å². The van der Waals surface area contributed by atoms with E-state index in [1.54, 1.807) is 11.8 Å². The third-order valence-corrected chi connectivity index (χ3v) is 6.63. The van der Waals surface area contributed by atoms with Crippen LogP contribution < -0.4 is 4.72 Å². The number of thiophene rings is 1. The van der Waals surface area contributed by atoms with Gasteiger partial charge in [0.05, 0.1) is 29.5 Å². The molecule has 9 nitrogen and oxygen atoms in total. The number of aryl methyl sites for hydroxylation is 2. The van der Waals surface area contributed by atoms with Crippen LogP contribution in [0, 0.1) is 6.92 Å². The molecule has 0 aromatic carbocycles. The average molecular weight is 400 g/mol. The van der Waals surface area contributed by atoms with Gasteiger partial charge >= 0.3 is 0 Å². The molecule has 0 atom stereocenters. The van der Waals surface area contributed by atoms with Crippen LogP contribution in [0.2, 0.25) is 0 Å². The predicted octanol–water partition coefficient (Wildman–Crippen LogP) is 0.806. The van der Waals surface area contributed by atoms with Crippen LogP contribution in [-0.2, 0) is 26.0 Å². The molecule has 1 aliphatic rings. The molecule has 1 aliphatic heterocycles. The maximum absolute atomic E-state index is 12.6. The Morgan fingerprint density at radius 1 is 1.38 bits per heavy atom. The summed E-state index contributed by atoms with van der Waals surface area (Å²) in [6.45, 7) is 5.19. The fourth-order valence-electron chi connectivity index (χ4n) is 2.50. The number of aromatic nitrogens is 2. The Morgan fingerprint density at radius 3 is 2.77 bits per heavy atom. The largest absolute Gasteiger partial charge is 0.378 e. The van der Waals surface area contributed by atoms with Crippen LogP contribution in [-0.4, -0.2) is 62.2 Å². The molecule has 2 aromatic heterocycles. The molecule has 0 unspecified atom stereocenters. The molecule has 0 radical (unpaired) electrons. The number of carbonyl (C=O) groups is 1. The van der Waals surface area contributed by atoms with Gasteiger partial charge in [-0.25, -0.2) is 13.1 Å². The number of amides is 1. The van der Waals surface area contributed by atoms with E-state index >= 15 is 0 Å². The Bertz CT molecular complexity index is 884. The van der Waals surface area contributed by atoms with Crippen LogP contribution in [0.4, 0.5) is 0 Å². The van der Waals surface area contributed by atoms with Gasteiger partial charge in [0, 0.05) is 24.4 Å². The maximum atomic E-state index is 12.6. The van der Waals surface area contributed by atoms with Crippen LogP contribution in [0.25, 0.3) is 10.7 Å². The van der Waals surface area contributed by atoms with Crippen LogP contribution in [0.3, 0.4) is 0 Å². The highest BCUT2D eigenvalue weighted by molar-refractivity contribution is 7.89. The minimum atomic E-state index is -3.82. The molecule has 1 saturated heterocycles. The number of carbonyl (C=O) groups excluding carboxylic acids is 1. The Morgan fingerprint density at radius 2 is 2.12 bits per heavy atom. The lowest BCUT2D eigenvalue weighted by Crippen LogP contribution is -2.45. The van der Waals surface area contributed by atoms with Crippen molar-refractivity contribution < 1.29 is 22.5 Å². The van der Waals surface area contributed by atoms with Crippen molar-refractivity contribution >= 4 is 27.3 Å². The summed E-state index contributed by atoms with van der Waals surface area (Å²) in [7, 11) is -3.82. The molecule has 11 heteroatoms. The minimum Gasteiger partial charge on any atom is -0.378 e. The maximum Gasteiger partial charge on any atom is 0.242 e. The lowest BCUT2D eigenvalue weighted by atomic mass is 10.4. The van der Waals surface area contributed by atoms with Crippen molar-refractivity contribution in [2.45, 2.75) is 25.2 Å². The second kappa shape index (κ2) is 7.82. The SMILES string of the molecule is CCc1nc(-c2cc(S(=O)(=O)NCC(=O)N3CCOCC3)c(C)s2)no1. The van der Waals surface area contributed by atoms with Gasteiger partial charge in [0.15, 0.2) is 0 Å². The molecule has 2 aromatic rings. The predicted molar refractivity (Wildman–Crippen MR) is 94.3 cm³/mol. The molecule has 1 N–H and O–H groups in total. The average Bonchev–Trinajstić information content (AvgIpc) is 3.27. The van der Waals surface area contributed by atoms with Crippen molar-refractivity contribution in [3.63, 3.8) is 0 Å². The Labute approximate surface area is 155 Å². The summed E-state index contributed by atoms with van der Waals surface area (Å²) in [5.74, 6) is 0.584. The van der Waals surface area contributed by atoms with Crippen LogP contribution in [0.5, 0.6) is 0 Å². The number of rotatable bonds is 6. The van der Waals surface area contributed by atoms with Crippen molar-refractivity contribution in [3.05, 3.63) is 16.8 Å². The summed E-state index contributed by atoms with van der Waals surface area (Å²) >= 11 is 1.26. The summed E-state index contributed by atoms with van der Waals surface area (Å²) in [5.41, 5.74) is 0. The van der Waals surface area contributed by atoms with E-state index in [-0.39, 0.29) is 17.3 Å². The lowest BCUT2D eigenvalue weighted by Gasteiger charge is -2.26. The number of morpholine rings is 1. The standard InChI is InChI=1S/C15H20N4O5S2/c1-3-13-17-15(18-24-13)11-8-12(10(2)25-11)26(21,22)16-9-14(20)19-4-6-23-7-5-19/h8,16H,3-7,9H2,1-2H3. The van der Waals surface area contributed by atoms with Gasteiger partial charge in [0.2, 0.25) is 27.6 Å². The van der Waals surface area contributed by atoms with Crippen molar-refractivity contribution in [2.24, 2.45) is 0 Å². The number of nitrogens with zero attached hydrogens (tertiary/aromatic N) is 3. The second-order valence-corrected chi connectivity index (χ2v) is 8.71. The molecule has 0 bridgehead atoms. The topological polar surface area (TPSA) is 115 Å². The third kappa shape index (κ3) is 4.11. The summed E-state index contributed by atoms with van der Waals surface area (Å²) in [6, 6.07) is 1.51. The van der Waals surface area contributed by atoms with Gasteiger partial charge in [-0.3, -0.25) is 4.79 Å². The van der Waals surface area contributed by atoms with Crippen molar-refractivity contribution in [1.29, 1.82) is 0 Å². The fourth-order valence-corrected chi connectivity index (χ4v) is 4.99. The zero-order chi connectivity index (χ0) is 18.7. The second-order valence-electron chi connectivity index (χ2n) is 5.71. The molecule has 26 heavy (non-hydrogen) atoms. The first kappa shape index (κ1) is 19.0. The van der Waals surface area contributed by atoms with Gasteiger partial charge in [-0.05, 0) is 13.0 Å². The molecule has 1 amide bonds. The molecular weight excluding hydrogens is 380 g/mol. The van der Waals surface area contributed by atoms with Gasteiger partial charge in [0.1, 0.15) is 0 Å². The molecule has 0 saturated carbocycles. The molecule has 3 rings (SSSR count). The number of sulfonamides is 1. The molecular formula is C15H20N4O5S2. The first-order chi connectivity index (χ1) is 12.4. The molecule has 0 aliphatic carbocycles. The van der Waals surface area contributed by atoms with Crippen LogP contribution >= 0.6 is 11.3 Å². The summed E-state index contributed by atoms with van der Waals surface area (Å²) in [4.78, 5) is 19.3. The fraction of sp³-hybridized carbons (Fsp3) is 0.533. The van der Waals surface area contributed by atoms with Crippen LogP contribution in [0.15, 0.2) is 15.5 Å². The Kier molecular flexibility index (Phi) is 5.70. The van der Waals surface area contributed by atoms with E-state index in [0.717, 1.165) is 0 Å².